The molecule has 1 fully saturated rings. The molecule has 19 heavy (non-hydrogen) atoms. The normalized spacial score (nSPS) is 22.5. The minimum absolute atomic E-state index is 0.237. The molecule has 0 spiro atoms. The van der Waals surface area contributed by atoms with Gasteiger partial charge in [0.25, 0.3) is 11.8 Å². The molecule has 1 heterocycles. The van der Waals surface area contributed by atoms with Gasteiger partial charge in [-0.15, -0.1) is 0 Å². The van der Waals surface area contributed by atoms with Gasteiger partial charge in [-0.2, -0.15) is 0 Å². The molecule has 1 aliphatic rings. The fraction of sp³-hybridized carbons (Fsp3) is 0.833. The molecule has 0 N–H and O–H groups in total. The number of rotatable bonds is 5. The number of amides is 2. The Balaban J connectivity index is 2.78. The van der Waals surface area contributed by atoms with E-state index in [0.717, 1.165) is 12.8 Å². The van der Waals surface area contributed by atoms with Gasteiger partial charge in [-0.25, -0.2) is 0 Å². The van der Waals surface area contributed by atoms with Crippen LogP contribution in [0.4, 0.5) is 0 Å². The van der Waals surface area contributed by atoms with Crippen LogP contribution in [0.15, 0.2) is 0 Å². The van der Waals surface area contributed by atoms with Crippen molar-refractivity contribution < 1.29 is 18.9 Å². The number of likely N-dealkylation sites (N-methyl/N-ethyl adjacent to an activating group) is 2. The molecule has 7 heteroatoms. The third-order valence-electron chi connectivity index (χ3n) is 3.03. The summed E-state index contributed by atoms with van der Waals surface area (Å²) in [4.78, 5) is 26.9. The van der Waals surface area contributed by atoms with Crippen molar-refractivity contribution >= 4 is 18.9 Å². The predicted octanol–water partition coefficient (Wildman–Crippen LogP) is 0.235. The van der Waals surface area contributed by atoms with E-state index in [1.54, 1.807) is 28.2 Å². The van der Waals surface area contributed by atoms with Crippen LogP contribution in [0.1, 0.15) is 19.8 Å². The lowest BCUT2D eigenvalue weighted by Crippen LogP contribution is -2.47. The van der Waals surface area contributed by atoms with Crippen LogP contribution < -0.4 is 0 Å². The Labute approximate surface area is 115 Å². The Morgan fingerprint density at radius 1 is 1.00 bits per heavy atom. The molecular weight excluding hydrogens is 247 g/mol. The molecule has 2 amide bonds. The number of nitrogens with zero attached hydrogens (tertiary/aromatic N) is 2. The second-order valence-corrected chi connectivity index (χ2v) is 5.15. The highest BCUT2D eigenvalue weighted by molar-refractivity contribution is 6.46. The topological polar surface area (TPSA) is 59.1 Å². The van der Waals surface area contributed by atoms with Crippen molar-refractivity contribution in [3.8, 4) is 0 Å². The maximum atomic E-state index is 12.1. The first-order valence-corrected chi connectivity index (χ1v) is 6.61. The minimum atomic E-state index is -0.841. The summed E-state index contributed by atoms with van der Waals surface area (Å²) < 4.78 is 11.2. The molecule has 0 aliphatic carbocycles. The average molecular weight is 270 g/mol. The summed E-state index contributed by atoms with van der Waals surface area (Å²) in [6.45, 7) is 2.07. The van der Waals surface area contributed by atoms with Gasteiger partial charge in [-0.05, 0) is 6.32 Å². The smallest absolute Gasteiger partial charge is 0.397 e. The van der Waals surface area contributed by atoms with Crippen LogP contribution in [0.5, 0.6) is 0 Å². The summed E-state index contributed by atoms with van der Waals surface area (Å²) in [5, 5.41) is 0. The summed E-state index contributed by atoms with van der Waals surface area (Å²) in [6, 6.07) is 0. The largest absolute Gasteiger partial charge is 0.458 e. The summed E-state index contributed by atoms with van der Waals surface area (Å²) in [5.74, 6) is -0.474. The second kappa shape index (κ2) is 6.91. The first-order chi connectivity index (χ1) is 8.88. The van der Waals surface area contributed by atoms with E-state index in [-0.39, 0.29) is 11.8 Å². The van der Waals surface area contributed by atoms with Gasteiger partial charge in [-0.3, -0.25) is 9.59 Å². The van der Waals surface area contributed by atoms with Gasteiger partial charge in [0, 0.05) is 28.2 Å². The third kappa shape index (κ3) is 3.94. The van der Waals surface area contributed by atoms with E-state index < -0.39 is 19.3 Å². The molecule has 1 saturated heterocycles. The molecule has 0 radical (unpaired) electrons. The van der Waals surface area contributed by atoms with Crippen molar-refractivity contribution in [2.24, 2.45) is 0 Å². The van der Waals surface area contributed by atoms with Crippen molar-refractivity contribution in [2.75, 3.05) is 28.2 Å². The highest BCUT2D eigenvalue weighted by Crippen LogP contribution is 2.23. The lowest BCUT2D eigenvalue weighted by atomic mass is 9.83. The summed E-state index contributed by atoms with van der Waals surface area (Å²) >= 11 is 0. The Hall–Kier alpha value is -1.08. The molecule has 6 nitrogen and oxygen atoms in total. The van der Waals surface area contributed by atoms with Crippen LogP contribution in [0.3, 0.4) is 0 Å². The van der Waals surface area contributed by atoms with Gasteiger partial charge in [-0.1, -0.05) is 19.8 Å². The fourth-order valence-electron chi connectivity index (χ4n) is 1.89. The zero-order chi connectivity index (χ0) is 14.6. The molecule has 0 aromatic rings. The van der Waals surface area contributed by atoms with Crippen LogP contribution in [-0.4, -0.2) is 69.1 Å². The van der Waals surface area contributed by atoms with Gasteiger partial charge in [0.1, 0.15) is 0 Å². The van der Waals surface area contributed by atoms with Gasteiger partial charge in [0.2, 0.25) is 0 Å². The number of carbonyl (C=O) groups excluding carboxylic acids is 2. The van der Waals surface area contributed by atoms with Crippen molar-refractivity contribution in [1.29, 1.82) is 0 Å². The van der Waals surface area contributed by atoms with Crippen LogP contribution >= 0.6 is 0 Å². The van der Waals surface area contributed by atoms with Gasteiger partial charge < -0.3 is 19.1 Å². The molecule has 2 unspecified atom stereocenters. The Kier molecular flexibility index (Phi) is 5.81. The SMILES string of the molecule is CCCCB1OC(C(=O)N(C)C)C(C(=O)N(C)C)O1. The quantitative estimate of drug-likeness (QED) is 0.671. The third-order valence-corrected chi connectivity index (χ3v) is 3.03. The molecule has 0 bridgehead atoms. The molecule has 1 rings (SSSR count). The second-order valence-electron chi connectivity index (χ2n) is 5.15. The molecule has 1 aliphatic heterocycles. The van der Waals surface area contributed by atoms with Crippen LogP contribution in [0.25, 0.3) is 0 Å². The van der Waals surface area contributed by atoms with Crippen molar-refractivity contribution in [3.63, 3.8) is 0 Å². The molecule has 0 aromatic carbocycles. The molecular formula is C12H23BN2O4. The molecule has 0 aromatic heterocycles. The Morgan fingerprint density at radius 3 is 1.74 bits per heavy atom. The van der Waals surface area contributed by atoms with E-state index in [1.807, 2.05) is 0 Å². The highest BCUT2D eigenvalue weighted by atomic mass is 16.7. The summed E-state index contributed by atoms with van der Waals surface area (Å²) in [7, 11) is 6.09. The zero-order valence-electron chi connectivity index (χ0n) is 12.4. The van der Waals surface area contributed by atoms with Crippen LogP contribution in [0, 0.1) is 0 Å². The molecule has 2 atom stereocenters. The predicted molar refractivity (Wildman–Crippen MR) is 72.6 cm³/mol. The summed E-state index contributed by atoms with van der Waals surface area (Å²) in [6.07, 6.45) is 0.974. The summed E-state index contributed by atoms with van der Waals surface area (Å²) in [5.41, 5.74) is 0. The van der Waals surface area contributed by atoms with Crippen LogP contribution in [0.2, 0.25) is 6.32 Å². The average Bonchev–Trinajstić information content (AvgIpc) is 2.77. The number of hydrogen-bond donors (Lipinski definition) is 0. The Morgan fingerprint density at radius 2 is 1.42 bits per heavy atom. The van der Waals surface area contributed by atoms with Gasteiger partial charge in [0.15, 0.2) is 12.2 Å². The van der Waals surface area contributed by atoms with E-state index in [0.29, 0.717) is 6.32 Å². The van der Waals surface area contributed by atoms with Crippen molar-refractivity contribution in [1.82, 2.24) is 9.80 Å². The minimum Gasteiger partial charge on any atom is -0.397 e. The lowest BCUT2D eigenvalue weighted by molar-refractivity contribution is -0.146. The van der Waals surface area contributed by atoms with Gasteiger partial charge >= 0.3 is 7.12 Å². The monoisotopic (exact) mass is 270 g/mol. The van der Waals surface area contributed by atoms with E-state index in [1.165, 1.54) is 9.80 Å². The van der Waals surface area contributed by atoms with Crippen molar-refractivity contribution in [3.05, 3.63) is 0 Å². The van der Waals surface area contributed by atoms with E-state index in [2.05, 4.69) is 6.92 Å². The first kappa shape index (κ1) is 16.0. The van der Waals surface area contributed by atoms with Crippen molar-refractivity contribution in [2.45, 2.75) is 38.3 Å². The number of unbranched alkanes of at least 4 members (excludes halogenated alkanes) is 1. The maximum absolute atomic E-state index is 12.1. The highest BCUT2D eigenvalue weighted by Gasteiger charge is 2.47. The first-order valence-electron chi connectivity index (χ1n) is 6.61. The maximum Gasteiger partial charge on any atom is 0.458 e. The van der Waals surface area contributed by atoms with Gasteiger partial charge in [0.05, 0.1) is 0 Å². The standard InChI is InChI=1S/C12H23BN2O4/c1-6-7-8-13-18-9(11(16)14(2)3)10(19-13)12(17)15(4)5/h9-10H,6-8H2,1-5H3. The lowest BCUT2D eigenvalue weighted by Gasteiger charge is -2.22. The van der Waals surface area contributed by atoms with E-state index in [4.69, 9.17) is 9.31 Å². The zero-order valence-corrected chi connectivity index (χ0v) is 12.4. The fourth-order valence-corrected chi connectivity index (χ4v) is 1.89. The molecule has 108 valence electrons. The Bertz CT molecular complexity index is 308. The van der Waals surface area contributed by atoms with E-state index >= 15 is 0 Å². The number of hydrogen-bond acceptors (Lipinski definition) is 4. The van der Waals surface area contributed by atoms with E-state index in [9.17, 15) is 9.59 Å². The molecule has 0 saturated carbocycles. The number of carbonyl (C=O) groups is 2. The van der Waals surface area contributed by atoms with Crippen LogP contribution in [-0.2, 0) is 18.9 Å².